The number of carbonyl (C=O) groups is 1. The van der Waals surface area contributed by atoms with Crippen LogP contribution in [0.4, 0.5) is 10.5 Å². The lowest BCUT2D eigenvalue weighted by molar-refractivity contribution is 0.252. The van der Waals surface area contributed by atoms with Crippen LogP contribution in [-0.2, 0) is 6.42 Å². The van der Waals surface area contributed by atoms with E-state index >= 15 is 0 Å². The third-order valence-corrected chi connectivity index (χ3v) is 3.49. The first-order valence-corrected chi connectivity index (χ1v) is 7.32. The number of benzene rings is 2. The van der Waals surface area contributed by atoms with Crippen molar-refractivity contribution in [1.82, 2.24) is 5.32 Å². The highest BCUT2D eigenvalue weighted by atomic mass is 16.2. The van der Waals surface area contributed by atoms with E-state index in [0.717, 1.165) is 29.7 Å². The summed E-state index contributed by atoms with van der Waals surface area (Å²) < 4.78 is 0. The van der Waals surface area contributed by atoms with E-state index in [-0.39, 0.29) is 6.03 Å². The third-order valence-electron chi connectivity index (χ3n) is 3.49. The Morgan fingerprint density at radius 1 is 0.952 bits per heavy atom. The van der Waals surface area contributed by atoms with Gasteiger partial charge in [-0.25, -0.2) is 4.79 Å². The summed E-state index contributed by atoms with van der Waals surface area (Å²) in [7, 11) is 0. The molecule has 0 aliphatic rings. The van der Waals surface area contributed by atoms with Crippen molar-refractivity contribution < 1.29 is 4.79 Å². The van der Waals surface area contributed by atoms with Gasteiger partial charge in [0.2, 0.25) is 0 Å². The van der Waals surface area contributed by atoms with Crippen LogP contribution in [0.15, 0.2) is 48.5 Å². The summed E-state index contributed by atoms with van der Waals surface area (Å²) in [4.78, 5) is 11.9. The molecule has 3 nitrogen and oxygen atoms in total. The molecular weight excluding hydrogens is 260 g/mol. The van der Waals surface area contributed by atoms with Gasteiger partial charge in [0.15, 0.2) is 0 Å². The molecule has 0 saturated carbocycles. The maximum Gasteiger partial charge on any atom is 0.319 e. The molecule has 2 rings (SSSR count). The maximum absolute atomic E-state index is 11.9. The van der Waals surface area contributed by atoms with E-state index in [1.54, 1.807) is 0 Å². The molecule has 3 heteroatoms. The summed E-state index contributed by atoms with van der Waals surface area (Å²) in [6.45, 7) is 4.67. The van der Waals surface area contributed by atoms with Crippen LogP contribution in [0.2, 0.25) is 0 Å². The number of hydrogen-bond donors (Lipinski definition) is 2. The number of hydrogen-bond acceptors (Lipinski definition) is 1. The Hall–Kier alpha value is -2.29. The van der Waals surface area contributed by atoms with Crippen molar-refractivity contribution in [3.05, 3.63) is 65.2 Å². The van der Waals surface area contributed by atoms with E-state index in [2.05, 4.69) is 22.8 Å². The highest BCUT2D eigenvalue weighted by Crippen LogP contribution is 2.18. The van der Waals surface area contributed by atoms with Gasteiger partial charge < -0.3 is 10.6 Å². The molecule has 2 aromatic carbocycles. The average molecular weight is 282 g/mol. The SMILES string of the molecule is Cc1cccc(C)c1NC(=O)NCCCc1ccccc1. The van der Waals surface area contributed by atoms with Crippen molar-refractivity contribution in [3.63, 3.8) is 0 Å². The number of anilines is 1. The molecular formula is C18H22N2O. The van der Waals surface area contributed by atoms with Gasteiger partial charge >= 0.3 is 6.03 Å². The predicted molar refractivity (Wildman–Crippen MR) is 87.7 cm³/mol. The zero-order valence-electron chi connectivity index (χ0n) is 12.6. The van der Waals surface area contributed by atoms with Gasteiger partial charge in [-0.15, -0.1) is 0 Å². The van der Waals surface area contributed by atoms with Gasteiger partial charge in [0.05, 0.1) is 0 Å². The highest BCUT2D eigenvalue weighted by molar-refractivity contribution is 5.90. The summed E-state index contributed by atoms with van der Waals surface area (Å²) in [6, 6.07) is 16.2. The van der Waals surface area contributed by atoms with Crippen LogP contribution in [0.5, 0.6) is 0 Å². The van der Waals surface area contributed by atoms with Crippen LogP contribution in [0.25, 0.3) is 0 Å². The Kier molecular flexibility index (Phi) is 5.38. The number of urea groups is 1. The molecule has 0 bridgehead atoms. The minimum Gasteiger partial charge on any atom is -0.338 e. The fourth-order valence-corrected chi connectivity index (χ4v) is 2.31. The Balaban J connectivity index is 1.75. The van der Waals surface area contributed by atoms with Crippen LogP contribution in [0, 0.1) is 13.8 Å². The monoisotopic (exact) mass is 282 g/mol. The van der Waals surface area contributed by atoms with Gasteiger partial charge in [0.1, 0.15) is 0 Å². The summed E-state index contributed by atoms with van der Waals surface area (Å²) in [5, 5.41) is 5.83. The average Bonchev–Trinajstić information content (AvgIpc) is 2.49. The molecule has 21 heavy (non-hydrogen) atoms. The van der Waals surface area contributed by atoms with E-state index in [4.69, 9.17) is 0 Å². The van der Waals surface area contributed by atoms with Crippen molar-refractivity contribution in [2.24, 2.45) is 0 Å². The molecule has 2 aromatic rings. The summed E-state index contributed by atoms with van der Waals surface area (Å²) in [5.41, 5.74) is 4.36. The van der Waals surface area contributed by atoms with E-state index in [9.17, 15) is 4.79 Å². The number of carbonyl (C=O) groups excluding carboxylic acids is 1. The molecule has 0 fully saturated rings. The first-order valence-electron chi connectivity index (χ1n) is 7.32. The number of para-hydroxylation sites is 1. The van der Waals surface area contributed by atoms with Crippen molar-refractivity contribution >= 4 is 11.7 Å². The van der Waals surface area contributed by atoms with Gasteiger partial charge in [-0.3, -0.25) is 0 Å². The Bertz CT molecular complexity index is 573. The van der Waals surface area contributed by atoms with Crippen LogP contribution < -0.4 is 10.6 Å². The number of amides is 2. The van der Waals surface area contributed by atoms with E-state index in [0.29, 0.717) is 6.54 Å². The largest absolute Gasteiger partial charge is 0.338 e. The minimum absolute atomic E-state index is 0.138. The fraction of sp³-hybridized carbons (Fsp3) is 0.278. The molecule has 0 aromatic heterocycles. The van der Waals surface area contributed by atoms with Crippen molar-refractivity contribution in [1.29, 1.82) is 0 Å². The Morgan fingerprint density at radius 3 is 2.29 bits per heavy atom. The lowest BCUT2D eigenvalue weighted by Gasteiger charge is -2.12. The minimum atomic E-state index is -0.138. The van der Waals surface area contributed by atoms with E-state index in [1.807, 2.05) is 50.2 Å². The zero-order valence-corrected chi connectivity index (χ0v) is 12.6. The molecule has 0 spiro atoms. The normalized spacial score (nSPS) is 10.2. The van der Waals surface area contributed by atoms with E-state index < -0.39 is 0 Å². The lowest BCUT2D eigenvalue weighted by atomic mass is 10.1. The van der Waals surface area contributed by atoms with Crippen LogP contribution >= 0.6 is 0 Å². The molecule has 0 atom stereocenters. The van der Waals surface area contributed by atoms with Crippen molar-refractivity contribution in [3.8, 4) is 0 Å². The van der Waals surface area contributed by atoms with Gasteiger partial charge in [-0.05, 0) is 43.4 Å². The second kappa shape index (κ2) is 7.48. The van der Waals surface area contributed by atoms with Gasteiger partial charge in [-0.2, -0.15) is 0 Å². The molecule has 2 N–H and O–H groups in total. The molecule has 110 valence electrons. The topological polar surface area (TPSA) is 41.1 Å². The summed E-state index contributed by atoms with van der Waals surface area (Å²) >= 11 is 0. The predicted octanol–water partition coefficient (Wildman–Crippen LogP) is 4.06. The summed E-state index contributed by atoms with van der Waals surface area (Å²) in [5.74, 6) is 0. The second-order valence-electron chi connectivity index (χ2n) is 5.24. The summed E-state index contributed by atoms with van der Waals surface area (Å²) in [6.07, 6.45) is 1.91. The zero-order chi connectivity index (χ0) is 15.1. The second-order valence-corrected chi connectivity index (χ2v) is 5.24. The number of aryl methyl sites for hydroxylation is 3. The molecule has 2 amide bonds. The van der Waals surface area contributed by atoms with Gasteiger partial charge in [0.25, 0.3) is 0 Å². The van der Waals surface area contributed by atoms with Crippen LogP contribution in [0.3, 0.4) is 0 Å². The first-order chi connectivity index (χ1) is 10.2. The Labute approximate surface area is 126 Å². The van der Waals surface area contributed by atoms with Crippen LogP contribution in [0.1, 0.15) is 23.1 Å². The molecule has 0 unspecified atom stereocenters. The van der Waals surface area contributed by atoms with Crippen molar-refractivity contribution in [2.75, 3.05) is 11.9 Å². The van der Waals surface area contributed by atoms with Crippen LogP contribution in [-0.4, -0.2) is 12.6 Å². The van der Waals surface area contributed by atoms with Gasteiger partial charge in [-0.1, -0.05) is 48.5 Å². The quantitative estimate of drug-likeness (QED) is 0.798. The third kappa shape index (κ3) is 4.63. The molecule has 0 aliphatic carbocycles. The highest BCUT2D eigenvalue weighted by Gasteiger charge is 2.06. The molecule has 0 saturated heterocycles. The number of rotatable bonds is 5. The number of nitrogens with one attached hydrogen (secondary N) is 2. The first kappa shape index (κ1) is 15.1. The molecule has 0 aliphatic heterocycles. The fourth-order valence-electron chi connectivity index (χ4n) is 2.31. The maximum atomic E-state index is 11.9. The standard InChI is InChI=1S/C18H22N2O/c1-14-8-6-9-15(2)17(14)20-18(21)19-13-7-12-16-10-4-3-5-11-16/h3-6,8-11H,7,12-13H2,1-2H3,(H2,19,20,21). The van der Waals surface area contributed by atoms with Gasteiger partial charge in [0, 0.05) is 12.2 Å². The smallest absolute Gasteiger partial charge is 0.319 e. The molecule has 0 heterocycles. The Morgan fingerprint density at radius 2 is 1.62 bits per heavy atom. The molecule has 0 radical (unpaired) electrons. The lowest BCUT2D eigenvalue weighted by Crippen LogP contribution is -2.30. The van der Waals surface area contributed by atoms with E-state index in [1.165, 1.54) is 5.56 Å². The van der Waals surface area contributed by atoms with Crippen molar-refractivity contribution in [2.45, 2.75) is 26.7 Å².